The van der Waals surface area contributed by atoms with Crippen LogP contribution < -0.4 is 0 Å². The summed E-state index contributed by atoms with van der Waals surface area (Å²) in [6, 6.07) is 0. The molecule has 2 fully saturated rings. The van der Waals surface area contributed by atoms with Crippen molar-refractivity contribution in [2.45, 2.75) is 89.3 Å². The second-order valence-electron chi connectivity index (χ2n) is 8.27. The molecule has 0 heterocycles. The van der Waals surface area contributed by atoms with Gasteiger partial charge < -0.3 is 20.4 Å². The summed E-state index contributed by atoms with van der Waals surface area (Å²) in [5.74, 6) is -3.27. The molecule has 2 aliphatic rings. The number of hydrogen-bond donors (Lipinski definition) is 4. The molecule has 0 aromatic heterocycles. The van der Waals surface area contributed by atoms with Crippen molar-refractivity contribution in [2.75, 3.05) is 0 Å². The van der Waals surface area contributed by atoms with Crippen LogP contribution in [0.25, 0.3) is 0 Å². The SMILES string of the molecule is CC1(C(O)(C(=O)O)C(O)(C(=O)O)C2(C)CCCCC2)CCCCC1. The van der Waals surface area contributed by atoms with Crippen LogP contribution in [0.15, 0.2) is 0 Å². The first-order valence-corrected chi connectivity index (χ1v) is 8.97. The van der Waals surface area contributed by atoms with Gasteiger partial charge in [0.1, 0.15) is 0 Å². The number of rotatable bonds is 5. The highest BCUT2D eigenvalue weighted by atomic mass is 16.5. The van der Waals surface area contributed by atoms with Crippen molar-refractivity contribution in [3.05, 3.63) is 0 Å². The molecule has 2 rings (SSSR count). The second kappa shape index (κ2) is 6.30. The molecule has 2 atom stereocenters. The largest absolute Gasteiger partial charge is 0.479 e. The molecule has 0 saturated heterocycles. The van der Waals surface area contributed by atoms with Gasteiger partial charge in [-0.05, 0) is 25.7 Å². The van der Waals surface area contributed by atoms with Crippen LogP contribution >= 0.6 is 0 Å². The monoisotopic (exact) mass is 342 g/mol. The fraction of sp³-hybridized carbons (Fsp3) is 0.889. The molecule has 0 amide bonds. The number of aliphatic hydroxyl groups is 2. The van der Waals surface area contributed by atoms with Gasteiger partial charge in [0.05, 0.1) is 0 Å². The van der Waals surface area contributed by atoms with Gasteiger partial charge >= 0.3 is 11.9 Å². The Morgan fingerprint density at radius 2 is 0.917 bits per heavy atom. The van der Waals surface area contributed by atoms with Crippen LogP contribution in [-0.4, -0.2) is 43.6 Å². The van der Waals surface area contributed by atoms with Crippen LogP contribution in [0.1, 0.15) is 78.1 Å². The Balaban J connectivity index is 2.63. The summed E-state index contributed by atoms with van der Waals surface area (Å²) >= 11 is 0. The fourth-order valence-corrected chi connectivity index (χ4v) is 5.09. The van der Waals surface area contributed by atoms with Gasteiger partial charge in [0.2, 0.25) is 11.2 Å². The minimum atomic E-state index is -2.72. The number of carboxylic acid groups (broad SMARTS) is 2. The lowest BCUT2D eigenvalue weighted by Gasteiger charge is -2.57. The van der Waals surface area contributed by atoms with E-state index in [1.165, 1.54) is 0 Å². The van der Waals surface area contributed by atoms with E-state index in [0.717, 1.165) is 38.5 Å². The van der Waals surface area contributed by atoms with Gasteiger partial charge in [-0.3, -0.25) is 0 Å². The molecule has 2 aliphatic carbocycles. The molecular weight excluding hydrogens is 312 g/mol. The molecule has 2 unspecified atom stereocenters. The van der Waals surface area contributed by atoms with Crippen molar-refractivity contribution in [3.63, 3.8) is 0 Å². The summed E-state index contributed by atoms with van der Waals surface area (Å²) in [6.07, 6.45) is 6.29. The predicted molar refractivity (Wildman–Crippen MR) is 87.6 cm³/mol. The third kappa shape index (κ3) is 2.46. The molecule has 0 aromatic carbocycles. The highest BCUT2D eigenvalue weighted by Gasteiger charge is 2.74. The van der Waals surface area contributed by atoms with Crippen LogP contribution in [0.2, 0.25) is 0 Å². The van der Waals surface area contributed by atoms with Gasteiger partial charge in [-0.25, -0.2) is 9.59 Å². The van der Waals surface area contributed by atoms with E-state index in [4.69, 9.17) is 0 Å². The number of hydrogen-bond acceptors (Lipinski definition) is 4. The van der Waals surface area contributed by atoms with Crippen molar-refractivity contribution in [1.29, 1.82) is 0 Å². The molecule has 2 saturated carbocycles. The van der Waals surface area contributed by atoms with E-state index < -0.39 is 34.0 Å². The maximum absolute atomic E-state index is 12.2. The highest BCUT2D eigenvalue weighted by Crippen LogP contribution is 2.57. The van der Waals surface area contributed by atoms with E-state index in [9.17, 15) is 30.0 Å². The minimum Gasteiger partial charge on any atom is -0.479 e. The van der Waals surface area contributed by atoms with Crippen LogP contribution in [0, 0.1) is 10.8 Å². The van der Waals surface area contributed by atoms with Crippen molar-refractivity contribution in [1.82, 2.24) is 0 Å². The van der Waals surface area contributed by atoms with E-state index >= 15 is 0 Å². The summed E-state index contributed by atoms with van der Waals surface area (Å²) in [5.41, 5.74) is -7.80. The smallest absolute Gasteiger partial charge is 0.340 e. The third-order valence-electron chi connectivity index (χ3n) is 6.80. The number of aliphatic carboxylic acids is 2. The van der Waals surface area contributed by atoms with Crippen molar-refractivity contribution >= 4 is 11.9 Å². The standard InChI is InChI=1S/C18H30O6/c1-15(9-5-3-6-10-15)17(23,13(19)20)18(24,14(21)22)16(2)11-7-4-8-12-16/h23-24H,3-12H2,1-2H3,(H,19,20)(H,21,22). The Bertz CT molecular complexity index is 458. The van der Waals surface area contributed by atoms with E-state index in [-0.39, 0.29) is 0 Å². The lowest BCUT2D eigenvalue weighted by atomic mass is 9.50. The van der Waals surface area contributed by atoms with Gasteiger partial charge in [-0.1, -0.05) is 52.4 Å². The summed E-state index contributed by atoms with van der Waals surface area (Å²) in [4.78, 5) is 24.4. The maximum atomic E-state index is 12.2. The topological polar surface area (TPSA) is 115 Å². The Hall–Kier alpha value is -1.14. The first-order valence-electron chi connectivity index (χ1n) is 8.97. The first-order chi connectivity index (χ1) is 11.1. The average Bonchev–Trinajstić information content (AvgIpc) is 2.54. The number of carboxylic acids is 2. The second-order valence-corrected chi connectivity index (χ2v) is 8.27. The van der Waals surface area contributed by atoms with Crippen LogP contribution in [0.4, 0.5) is 0 Å². The van der Waals surface area contributed by atoms with Gasteiger partial charge in [-0.15, -0.1) is 0 Å². The zero-order valence-corrected chi connectivity index (χ0v) is 14.7. The lowest BCUT2D eigenvalue weighted by molar-refractivity contribution is -0.267. The van der Waals surface area contributed by atoms with Gasteiger partial charge in [-0.2, -0.15) is 0 Å². The van der Waals surface area contributed by atoms with Crippen LogP contribution in [0.5, 0.6) is 0 Å². The summed E-state index contributed by atoms with van der Waals surface area (Å²) < 4.78 is 0. The summed E-state index contributed by atoms with van der Waals surface area (Å²) in [6.45, 7) is 3.22. The highest BCUT2D eigenvalue weighted by molar-refractivity contribution is 5.92. The molecule has 0 spiro atoms. The van der Waals surface area contributed by atoms with E-state index in [1.807, 2.05) is 0 Å². The van der Waals surface area contributed by atoms with Crippen molar-refractivity contribution in [2.24, 2.45) is 10.8 Å². The van der Waals surface area contributed by atoms with E-state index in [2.05, 4.69) is 0 Å². The molecule has 0 bridgehead atoms. The minimum absolute atomic E-state index is 0.390. The number of carbonyl (C=O) groups is 2. The maximum Gasteiger partial charge on any atom is 0.340 e. The molecule has 0 aromatic rings. The Morgan fingerprint density at radius 1 is 0.667 bits per heavy atom. The molecule has 24 heavy (non-hydrogen) atoms. The molecule has 0 aliphatic heterocycles. The summed E-state index contributed by atoms with van der Waals surface area (Å²) in [5, 5.41) is 42.5. The van der Waals surface area contributed by atoms with Gasteiger partial charge in [0.15, 0.2) is 0 Å². The molecular formula is C18H30O6. The quantitative estimate of drug-likeness (QED) is 0.610. The third-order valence-corrected chi connectivity index (χ3v) is 6.80. The fourth-order valence-electron chi connectivity index (χ4n) is 5.09. The van der Waals surface area contributed by atoms with Crippen molar-refractivity contribution < 1.29 is 30.0 Å². The molecule has 6 heteroatoms. The van der Waals surface area contributed by atoms with E-state index in [1.54, 1.807) is 13.8 Å². The Kier molecular flexibility index (Phi) is 5.04. The normalized spacial score (nSPS) is 28.3. The molecule has 6 nitrogen and oxygen atoms in total. The van der Waals surface area contributed by atoms with Gasteiger partial charge in [0.25, 0.3) is 0 Å². The molecule has 4 N–H and O–H groups in total. The summed E-state index contributed by atoms with van der Waals surface area (Å²) in [7, 11) is 0. The van der Waals surface area contributed by atoms with E-state index in [0.29, 0.717) is 25.7 Å². The Labute approximate surface area is 142 Å². The zero-order valence-electron chi connectivity index (χ0n) is 14.7. The van der Waals surface area contributed by atoms with Crippen molar-refractivity contribution in [3.8, 4) is 0 Å². The first kappa shape index (κ1) is 19.2. The predicted octanol–water partition coefficient (Wildman–Crippen LogP) is 2.56. The molecule has 138 valence electrons. The lowest BCUT2D eigenvalue weighted by Crippen LogP contribution is -2.76. The Morgan fingerprint density at radius 3 is 1.12 bits per heavy atom. The van der Waals surface area contributed by atoms with Crippen LogP contribution in [0.3, 0.4) is 0 Å². The van der Waals surface area contributed by atoms with Gasteiger partial charge in [0, 0.05) is 10.8 Å². The average molecular weight is 342 g/mol. The van der Waals surface area contributed by atoms with Crippen LogP contribution in [-0.2, 0) is 9.59 Å². The zero-order chi connectivity index (χ0) is 18.2. The molecule has 0 radical (unpaired) electrons.